The molecule has 3 rings (SSSR count). The molecule has 2 atom stereocenters. The summed E-state index contributed by atoms with van der Waals surface area (Å²) in [7, 11) is 0. The Hall–Kier alpha value is -1.49. The standard InChI is InChI=1S/C16H20N2O2S/c1-11-3-5-12(6-4-11)9-17-15(20)13-10-21-16(2)8-7-14(19)18(13)16/h3-6,13H,7-10H2,1-2H3,(H,17,20)/t13-,16-/m1/s1. The molecule has 0 aliphatic carbocycles. The maximum absolute atomic E-state index is 12.4. The van der Waals surface area contributed by atoms with Gasteiger partial charge in [-0.2, -0.15) is 0 Å². The van der Waals surface area contributed by atoms with E-state index in [4.69, 9.17) is 0 Å². The van der Waals surface area contributed by atoms with Crippen LogP contribution in [0.5, 0.6) is 0 Å². The molecule has 2 aliphatic rings. The quantitative estimate of drug-likeness (QED) is 0.930. The molecule has 1 aromatic carbocycles. The molecule has 0 spiro atoms. The van der Waals surface area contributed by atoms with Gasteiger partial charge in [-0.1, -0.05) is 29.8 Å². The number of nitrogens with one attached hydrogen (secondary N) is 1. The number of fused-ring (bicyclic) bond motifs is 1. The Morgan fingerprint density at radius 1 is 1.43 bits per heavy atom. The van der Waals surface area contributed by atoms with Gasteiger partial charge in [0.1, 0.15) is 6.04 Å². The normalized spacial score (nSPS) is 27.8. The van der Waals surface area contributed by atoms with Crippen LogP contribution in [0.15, 0.2) is 24.3 Å². The van der Waals surface area contributed by atoms with Gasteiger partial charge in [0, 0.05) is 18.7 Å². The van der Waals surface area contributed by atoms with Gasteiger partial charge in [0.25, 0.3) is 0 Å². The summed E-state index contributed by atoms with van der Waals surface area (Å²) in [5, 5.41) is 2.96. The number of aryl methyl sites for hydroxylation is 1. The van der Waals surface area contributed by atoms with Gasteiger partial charge in [-0.3, -0.25) is 9.59 Å². The van der Waals surface area contributed by atoms with Crippen molar-refractivity contribution in [2.45, 2.75) is 44.1 Å². The fourth-order valence-corrected chi connectivity index (χ4v) is 4.46. The molecule has 21 heavy (non-hydrogen) atoms. The lowest BCUT2D eigenvalue weighted by Crippen LogP contribution is -2.49. The van der Waals surface area contributed by atoms with Crippen molar-refractivity contribution in [3.05, 3.63) is 35.4 Å². The van der Waals surface area contributed by atoms with Crippen LogP contribution in [-0.4, -0.2) is 33.4 Å². The zero-order chi connectivity index (χ0) is 15.0. The van der Waals surface area contributed by atoms with Crippen LogP contribution in [0.4, 0.5) is 0 Å². The molecule has 1 aromatic rings. The third kappa shape index (κ3) is 2.67. The van der Waals surface area contributed by atoms with Crippen molar-refractivity contribution in [3.8, 4) is 0 Å². The number of nitrogens with zero attached hydrogens (tertiary/aromatic N) is 1. The van der Waals surface area contributed by atoms with Crippen molar-refractivity contribution in [1.29, 1.82) is 0 Å². The molecular weight excluding hydrogens is 284 g/mol. The summed E-state index contributed by atoms with van der Waals surface area (Å²) in [6, 6.07) is 7.79. The van der Waals surface area contributed by atoms with Crippen molar-refractivity contribution in [2.75, 3.05) is 5.75 Å². The molecule has 2 heterocycles. The first-order valence-corrected chi connectivity index (χ1v) is 8.27. The van der Waals surface area contributed by atoms with E-state index in [1.165, 1.54) is 5.56 Å². The highest BCUT2D eigenvalue weighted by molar-refractivity contribution is 8.01. The van der Waals surface area contributed by atoms with Gasteiger partial charge in [-0.05, 0) is 25.8 Å². The number of benzene rings is 1. The highest BCUT2D eigenvalue weighted by Crippen LogP contribution is 2.47. The first-order valence-electron chi connectivity index (χ1n) is 7.29. The van der Waals surface area contributed by atoms with E-state index in [0.717, 1.165) is 12.0 Å². The van der Waals surface area contributed by atoms with Crippen LogP contribution in [0, 0.1) is 6.92 Å². The van der Waals surface area contributed by atoms with Gasteiger partial charge >= 0.3 is 0 Å². The number of carbonyl (C=O) groups is 2. The molecule has 2 aliphatic heterocycles. The molecule has 0 saturated carbocycles. The molecule has 1 N–H and O–H groups in total. The number of hydrogen-bond donors (Lipinski definition) is 1. The van der Waals surface area contributed by atoms with E-state index in [2.05, 4.69) is 12.2 Å². The maximum Gasteiger partial charge on any atom is 0.243 e. The maximum atomic E-state index is 12.4. The highest BCUT2D eigenvalue weighted by Gasteiger charge is 2.52. The zero-order valence-corrected chi connectivity index (χ0v) is 13.2. The average Bonchev–Trinajstić information content (AvgIpc) is 2.95. The zero-order valence-electron chi connectivity index (χ0n) is 12.4. The summed E-state index contributed by atoms with van der Waals surface area (Å²) in [6.45, 7) is 4.62. The van der Waals surface area contributed by atoms with E-state index in [1.807, 2.05) is 31.2 Å². The van der Waals surface area contributed by atoms with Crippen molar-refractivity contribution in [3.63, 3.8) is 0 Å². The minimum Gasteiger partial charge on any atom is -0.350 e. The lowest BCUT2D eigenvalue weighted by Gasteiger charge is -2.29. The lowest BCUT2D eigenvalue weighted by atomic mass is 10.1. The molecule has 5 heteroatoms. The van der Waals surface area contributed by atoms with Gasteiger partial charge in [0.2, 0.25) is 11.8 Å². The molecule has 2 fully saturated rings. The van der Waals surface area contributed by atoms with Crippen LogP contribution in [0.3, 0.4) is 0 Å². The Morgan fingerprint density at radius 3 is 2.86 bits per heavy atom. The summed E-state index contributed by atoms with van der Waals surface area (Å²) < 4.78 is 0. The molecule has 0 radical (unpaired) electrons. The average molecular weight is 304 g/mol. The third-order valence-corrected chi connectivity index (χ3v) is 5.84. The molecule has 0 bridgehead atoms. The number of hydrogen-bond acceptors (Lipinski definition) is 3. The lowest BCUT2D eigenvalue weighted by molar-refractivity contribution is -0.138. The second-order valence-electron chi connectivity index (χ2n) is 5.97. The summed E-state index contributed by atoms with van der Waals surface area (Å²) in [4.78, 5) is 26.0. The molecule has 0 unspecified atom stereocenters. The minimum atomic E-state index is -0.319. The second kappa shape index (κ2) is 5.37. The highest BCUT2D eigenvalue weighted by atomic mass is 32.2. The SMILES string of the molecule is Cc1ccc(CNC(=O)[C@H]2CS[C@]3(C)CCC(=O)N23)cc1. The van der Waals surface area contributed by atoms with Crippen molar-refractivity contribution in [2.24, 2.45) is 0 Å². The van der Waals surface area contributed by atoms with E-state index in [9.17, 15) is 9.59 Å². The molecule has 4 nitrogen and oxygen atoms in total. The van der Waals surface area contributed by atoms with Crippen LogP contribution in [0.1, 0.15) is 30.9 Å². The Labute approximate surface area is 129 Å². The number of rotatable bonds is 3. The topological polar surface area (TPSA) is 49.4 Å². The third-order valence-electron chi connectivity index (χ3n) is 4.33. The van der Waals surface area contributed by atoms with E-state index < -0.39 is 0 Å². The summed E-state index contributed by atoms with van der Waals surface area (Å²) in [5.74, 6) is 0.766. The molecule has 2 saturated heterocycles. The van der Waals surface area contributed by atoms with Gasteiger partial charge in [-0.25, -0.2) is 0 Å². The van der Waals surface area contributed by atoms with Crippen LogP contribution in [-0.2, 0) is 16.1 Å². The molecular formula is C16H20N2O2S. The van der Waals surface area contributed by atoms with Gasteiger partial charge in [-0.15, -0.1) is 11.8 Å². The fraction of sp³-hybridized carbons (Fsp3) is 0.500. The first-order chi connectivity index (χ1) is 9.99. The Bertz CT molecular complexity index is 572. The van der Waals surface area contributed by atoms with Gasteiger partial charge in [0.05, 0.1) is 4.87 Å². The van der Waals surface area contributed by atoms with E-state index in [0.29, 0.717) is 18.7 Å². The van der Waals surface area contributed by atoms with E-state index in [1.54, 1.807) is 16.7 Å². The second-order valence-corrected chi connectivity index (χ2v) is 7.47. The number of amides is 2. The van der Waals surface area contributed by atoms with Crippen LogP contribution in [0.25, 0.3) is 0 Å². The van der Waals surface area contributed by atoms with E-state index in [-0.39, 0.29) is 22.7 Å². The van der Waals surface area contributed by atoms with Crippen molar-refractivity contribution >= 4 is 23.6 Å². The summed E-state index contributed by atoms with van der Waals surface area (Å²) in [6.07, 6.45) is 1.41. The first kappa shape index (κ1) is 14.4. The molecule has 0 aromatic heterocycles. The number of carbonyl (C=O) groups excluding carboxylic acids is 2. The summed E-state index contributed by atoms with van der Waals surface area (Å²) >= 11 is 1.72. The Kier molecular flexibility index (Phi) is 3.69. The largest absolute Gasteiger partial charge is 0.350 e. The van der Waals surface area contributed by atoms with Crippen molar-refractivity contribution in [1.82, 2.24) is 10.2 Å². The monoisotopic (exact) mass is 304 g/mol. The van der Waals surface area contributed by atoms with Crippen LogP contribution in [0.2, 0.25) is 0 Å². The fourth-order valence-electron chi connectivity index (χ4n) is 3.03. The van der Waals surface area contributed by atoms with Crippen LogP contribution < -0.4 is 5.32 Å². The Morgan fingerprint density at radius 2 is 2.14 bits per heavy atom. The van der Waals surface area contributed by atoms with Crippen LogP contribution >= 0.6 is 11.8 Å². The predicted octanol–water partition coefficient (Wildman–Crippen LogP) is 2.07. The van der Waals surface area contributed by atoms with E-state index >= 15 is 0 Å². The minimum absolute atomic E-state index is 0.0398. The number of thioether (sulfide) groups is 1. The smallest absolute Gasteiger partial charge is 0.243 e. The molecule has 112 valence electrons. The molecule has 2 amide bonds. The van der Waals surface area contributed by atoms with Gasteiger partial charge < -0.3 is 10.2 Å². The summed E-state index contributed by atoms with van der Waals surface area (Å²) in [5.41, 5.74) is 2.28. The van der Waals surface area contributed by atoms with Crippen molar-refractivity contribution < 1.29 is 9.59 Å². The van der Waals surface area contributed by atoms with Gasteiger partial charge in [0.15, 0.2) is 0 Å². The predicted molar refractivity (Wildman–Crippen MR) is 83.8 cm³/mol. The Balaban J connectivity index is 1.63.